The van der Waals surface area contributed by atoms with Crippen molar-refractivity contribution < 1.29 is 22.8 Å². The summed E-state index contributed by atoms with van der Waals surface area (Å²) in [6, 6.07) is 4.48. The van der Waals surface area contributed by atoms with E-state index in [1.165, 1.54) is 0 Å². The molecule has 0 amide bonds. The fraction of sp³-hybridized carbons (Fsp3) is 0.300. The third-order valence-corrected chi connectivity index (χ3v) is 2.06. The fourth-order valence-corrected chi connectivity index (χ4v) is 1.10. The highest BCUT2D eigenvalue weighted by atomic mass is 19.4. The molecule has 0 heterocycles. The first-order chi connectivity index (χ1) is 8.25. The van der Waals surface area contributed by atoms with Crippen LogP contribution in [0.15, 0.2) is 18.2 Å². The molecule has 1 aromatic carbocycles. The van der Waals surface area contributed by atoms with Gasteiger partial charge in [-0.3, -0.25) is 10.1 Å². The average molecular weight is 260 g/mol. The lowest BCUT2D eigenvalue weighted by atomic mass is 10.2. The molecule has 0 aliphatic rings. The number of nitro benzene ring substituents is 1. The molecule has 1 unspecified atom stereocenters. The molecule has 1 atom stereocenters. The summed E-state index contributed by atoms with van der Waals surface area (Å²) in [5.41, 5.74) is -0.837. The summed E-state index contributed by atoms with van der Waals surface area (Å²) in [4.78, 5) is 9.73. The van der Waals surface area contributed by atoms with Gasteiger partial charge in [0, 0.05) is 0 Å². The van der Waals surface area contributed by atoms with Crippen molar-refractivity contribution in [1.29, 1.82) is 5.26 Å². The molecule has 0 bridgehead atoms. The number of benzene rings is 1. The standard InChI is InChI=1S/C10H7F3N2O3/c1-6(10(11,12)13)18-8-3-2-7(5-14)9(4-8)15(16)17/h2-4,6H,1H3. The minimum atomic E-state index is -4.57. The molecule has 0 saturated heterocycles. The number of hydrogen-bond acceptors (Lipinski definition) is 4. The van der Waals surface area contributed by atoms with Gasteiger partial charge in [0.05, 0.1) is 11.0 Å². The minimum absolute atomic E-state index is 0.244. The molecule has 18 heavy (non-hydrogen) atoms. The van der Waals surface area contributed by atoms with E-state index in [4.69, 9.17) is 5.26 Å². The SMILES string of the molecule is CC(Oc1ccc(C#N)c([N+](=O)[O-])c1)C(F)(F)F. The highest BCUT2D eigenvalue weighted by molar-refractivity contribution is 5.52. The lowest BCUT2D eigenvalue weighted by Gasteiger charge is -2.17. The van der Waals surface area contributed by atoms with E-state index < -0.39 is 22.9 Å². The molecule has 0 aromatic heterocycles. The molecule has 0 N–H and O–H groups in total. The van der Waals surface area contributed by atoms with Crippen molar-refractivity contribution in [2.45, 2.75) is 19.2 Å². The molecule has 8 heteroatoms. The smallest absolute Gasteiger partial charge is 0.425 e. The molecule has 0 aliphatic heterocycles. The van der Waals surface area contributed by atoms with Crippen molar-refractivity contribution in [3.63, 3.8) is 0 Å². The molecule has 0 aliphatic carbocycles. The van der Waals surface area contributed by atoms with Gasteiger partial charge in [0.2, 0.25) is 0 Å². The topological polar surface area (TPSA) is 76.2 Å². The Balaban J connectivity index is 3.04. The van der Waals surface area contributed by atoms with Crippen molar-refractivity contribution in [1.82, 2.24) is 0 Å². The summed E-state index contributed by atoms with van der Waals surface area (Å²) < 4.78 is 41.2. The van der Waals surface area contributed by atoms with Crippen LogP contribution in [0.3, 0.4) is 0 Å². The van der Waals surface area contributed by atoms with Crippen LogP contribution in [0, 0.1) is 21.4 Å². The molecule has 0 fully saturated rings. The first kappa shape index (κ1) is 13.8. The molecule has 0 saturated carbocycles. The zero-order valence-electron chi connectivity index (χ0n) is 9.06. The van der Waals surface area contributed by atoms with Crippen LogP contribution in [-0.2, 0) is 0 Å². The number of rotatable bonds is 3. The van der Waals surface area contributed by atoms with Gasteiger partial charge in [-0.15, -0.1) is 0 Å². The van der Waals surface area contributed by atoms with Gasteiger partial charge < -0.3 is 4.74 Å². The summed E-state index contributed by atoms with van der Waals surface area (Å²) >= 11 is 0. The number of nitrogens with zero attached hydrogens (tertiary/aromatic N) is 2. The van der Waals surface area contributed by atoms with E-state index >= 15 is 0 Å². The molecule has 96 valence electrons. The Morgan fingerprint density at radius 1 is 1.50 bits per heavy atom. The first-order valence-corrected chi connectivity index (χ1v) is 4.67. The van der Waals surface area contributed by atoms with E-state index in [1.807, 2.05) is 0 Å². The summed E-state index contributed by atoms with van der Waals surface area (Å²) in [6.45, 7) is 0.782. The number of alkyl halides is 3. The molecule has 0 spiro atoms. The summed E-state index contributed by atoms with van der Waals surface area (Å²) in [5.74, 6) is -0.314. The Kier molecular flexibility index (Phi) is 3.76. The first-order valence-electron chi connectivity index (χ1n) is 4.67. The lowest BCUT2D eigenvalue weighted by Crippen LogP contribution is -2.31. The Morgan fingerprint density at radius 2 is 2.11 bits per heavy atom. The van der Waals surface area contributed by atoms with Crippen LogP contribution >= 0.6 is 0 Å². The van der Waals surface area contributed by atoms with Crippen molar-refractivity contribution in [2.24, 2.45) is 0 Å². The third-order valence-electron chi connectivity index (χ3n) is 2.06. The number of ether oxygens (including phenoxy) is 1. The van der Waals surface area contributed by atoms with Gasteiger partial charge in [0.15, 0.2) is 6.10 Å². The second-order valence-electron chi connectivity index (χ2n) is 3.35. The zero-order chi connectivity index (χ0) is 13.9. The van der Waals surface area contributed by atoms with E-state index in [1.54, 1.807) is 6.07 Å². The van der Waals surface area contributed by atoms with Gasteiger partial charge in [0.1, 0.15) is 17.4 Å². The van der Waals surface area contributed by atoms with Crippen LogP contribution in [0.5, 0.6) is 5.75 Å². The predicted molar refractivity (Wildman–Crippen MR) is 54.0 cm³/mol. The quantitative estimate of drug-likeness (QED) is 0.618. The second-order valence-corrected chi connectivity index (χ2v) is 3.35. The summed E-state index contributed by atoms with van der Waals surface area (Å²) in [5, 5.41) is 19.2. The van der Waals surface area contributed by atoms with E-state index in [-0.39, 0.29) is 11.3 Å². The molecule has 1 aromatic rings. The predicted octanol–water partition coefficient (Wildman–Crippen LogP) is 2.80. The van der Waals surface area contributed by atoms with Gasteiger partial charge >= 0.3 is 6.18 Å². The van der Waals surface area contributed by atoms with Crippen LogP contribution in [-0.4, -0.2) is 17.2 Å². The zero-order valence-corrected chi connectivity index (χ0v) is 9.06. The number of nitro groups is 1. The van der Waals surface area contributed by atoms with E-state index in [2.05, 4.69) is 4.74 Å². The highest BCUT2D eigenvalue weighted by Gasteiger charge is 2.38. The minimum Gasteiger partial charge on any atom is -0.481 e. The molecular formula is C10H7F3N2O3. The van der Waals surface area contributed by atoms with Crippen LogP contribution in [0.1, 0.15) is 12.5 Å². The van der Waals surface area contributed by atoms with Gasteiger partial charge in [-0.05, 0) is 19.1 Å². The van der Waals surface area contributed by atoms with Crippen LogP contribution in [0.2, 0.25) is 0 Å². The van der Waals surface area contributed by atoms with Crippen molar-refractivity contribution in [2.75, 3.05) is 0 Å². The molecule has 5 nitrogen and oxygen atoms in total. The van der Waals surface area contributed by atoms with E-state index in [0.29, 0.717) is 0 Å². The van der Waals surface area contributed by atoms with E-state index in [0.717, 1.165) is 25.1 Å². The van der Waals surface area contributed by atoms with Crippen LogP contribution in [0.4, 0.5) is 18.9 Å². The van der Waals surface area contributed by atoms with Gasteiger partial charge in [-0.25, -0.2) is 0 Å². The highest BCUT2D eigenvalue weighted by Crippen LogP contribution is 2.28. The largest absolute Gasteiger partial charge is 0.481 e. The number of nitriles is 1. The lowest BCUT2D eigenvalue weighted by molar-refractivity contribution is -0.385. The van der Waals surface area contributed by atoms with Crippen molar-refractivity contribution in [3.8, 4) is 11.8 Å². The van der Waals surface area contributed by atoms with Crippen molar-refractivity contribution >= 4 is 5.69 Å². The van der Waals surface area contributed by atoms with Crippen LogP contribution in [0.25, 0.3) is 0 Å². The Hall–Kier alpha value is -2.30. The van der Waals surface area contributed by atoms with Gasteiger partial charge in [0.25, 0.3) is 5.69 Å². The van der Waals surface area contributed by atoms with Crippen molar-refractivity contribution in [3.05, 3.63) is 33.9 Å². The summed E-state index contributed by atoms with van der Waals surface area (Å²) in [6.07, 6.45) is -6.66. The number of halogens is 3. The Labute approximate surface area is 99.5 Å². The molecular weight excluding hydrogens is 253 g/mol. The molecule has 0 radical (unpaired) electrons. The Bertz CT molecular complexity index is 508. The van der Waals surface area contributed by atoms with E-state index in [9.17, 15) is 23.3 Å². The maximum atomic E-state index is 12.2. The van der Waals surface area contributed by atoms with Gasteiger partial charge in [-0.1, -0.05) is 0 Å². The van der Waals surface area contributed by atoms with Gasteiger partial charge in [-0.2, -0.15) is 18.4 Å². The number of hydrogen-bond donors (Lipinski definition) is 0. The molecule has 1 rings (SSSR count). The Morgan fingerprint density at radius 3 is 2.56 bits per heavy atom. The summed E-state index contributed by atoms with van der Waals surface area (Å²) in [7, 11) is 0. The third kappa shape index (κ3) is 3.10. The normalized spacial score (nSPS) is 12.6. The second kappa shape index (κ2) is 4.91. The average Bonchev–Trinajstić information content (AvgIpc) is 2.27. The monoisotopic (exact) mass is 260 g/mol. The maximum absolute atomic E-state index is 12.2. The van der Waals surface area contributed by atoms with Crippen LogP contribution < -0.4 is 4.74 Å². The fourth-order valence-electron chi connectivity index (χ4n) is 1.10. The maximum Gasteiger partial charge on any atom is 0.425 e.